The molecule has 0 amide bonds. The lowest BCUT2D eigenvalue weighted by molar-refractivity contribution is 1.51. The smallest absolute Gasteiger partial charge is 0.0368 e. The average Bonchev–Trinajstić information content (AvgIpc) is 3.46. The number of fused-ring (bicyclic) bond motifs is 6. The molecule has 0 N–H and O–H groups in total. The van der Waals surface area contributed by atoms with Crippen LogP contribution in [0.15, 0.2) is 68.1 Å². The van der Waals surface area contributed by atoms with Crippen LogP contribution in [0.5, 0.6) is 0 Å². The van der Waals surface area contributed by atoms with E-state index in [0.29, 0.717) is 0 Å². The van der Waals surface area contributed by atoms with Crippen molar-refractivity contribution in [1.82, 2.24) is 0 Å². The number of benzene rings is 5. The van der Waals surface area contributed by atoms with Crippen molar-refractivity contribution in [2.75, 3.05) is 0 Å². The summed E-state index contributed by atoms with van der Waals surface area (Å²) in [5, 5.41) is 12.4. The first-order valence-electron chi connectivity index (χ1n) is 9.05. The van der Waals surface area contributed by atoms with E-state index >= 15 is 0 Å². The zero-order valence-corrected chi connectivity index (χ0v) is 19.0. The molecule has 4 aliphatic rings. The summed E-state index contributed by atoms with van der Waals surface area (Å²) in [5.74, 6) is 0. The highest BCUT2D eigenvalue weighted by atomic mass is 33.5. The summed E-state index contributed by atoms with van der Waals surface area (Å²) in [7, 11) is 8.93. The van der Waals surface area contributed by atoms with Gasteiger partial charge < -0.3 is 0 Å². The third kappa shape index (κ3) is 1.45. The van der Waals surface area contributed by atoms with E-state index in [1.807, 2.05) is 0 Å². The summed E-state index contributed by atoms with van der Waals surface area (Å²) in [6.07, 6.45) is 0. The standard InChI is InChI=1S/C22H8S6/c1-2-6-10-9(5-1)17-13-14-18(10)24-28-22(14)16-15-19(25-27(23-17)21(13)15)11-7-3-4-8-12(11)20(16)26-28/h1-8H. The molecule has 0 saturated heterocycles. The summed E-state index contributed by atoms with van der Waals surface area (Å²) in [6.45, 7) is 0. The van der Waals surface area contributed by atoms with Gasteiger partial charge in [-0.2, -0.15) is 0 Å². The average molecular weight is 465 g/mol. The molecule has 0 aliphatic carbocycles. The highest BCUT2D eigenvalue weighted by Crippen LogP contribution is 2.75. The number of hydrogen-bond donors (Lipinski definition) is 0. The van der Waals surface area contributed by atoms with E-state index in [0.717, 1.165) is 0 Å². The summed E-state index contributed by atoms with van der Waals surface area (Å²) in [6, 6.07) is 18.3. The molecular formula is C22H8S6. The van der Waals surface area contributed by atoms with Gasteiger partial charge in [0.1, 0.15) is 0 Å². The predicted octanol–water partition coefficient (Wildman–Crippen LogP) is 9.42. The summed E-state index contributed by atoms with van der Waals surface area (Å²) in [4.78, 5) is 6.23. The highest BCUT2D eigenvalue weighted by molar-refractivity contribution is 9.14. The summed E-state index contributed by atoms with van der Waals surface area (Å²) in [5.41, 5.74) is 0. The van der Waals surface area contributed by atoms with Gasteiger partial charge in [0.15, 0.2) is 0 Å². The minimum Gasteiger partial charge on any atom is -0.0616 e. The fourth-order valence-corrected chi connectivity index (χ4v) is 20.2. The SMILES string of the molecule is c1ccc2c3c4c5c6c(c7ccccc7c7c6c6c4c(c2c1)SS=6S7)SS=5S3. The zero-order chi connectivity index (χ0) is 17.7. The normalized spacial score (nSPS) is 18.6. The van der Waals surface area contributed by atoms with Gasteiger partial charge >= 0.3 is 0 Å². The largest absolute Gasteiger partial charge is 0.0616 e. The second kappa shape index (κ2) is 4.76. The zero-order valence-electron chi connectivity index (χ0n) is 14.1. The Balaban J connectivity index is 1.75. The molecule has 4 heterocycles. The van der Waals surface area contributed by atoms with Crippen LogP contribution in [0.1, 0.15) is 0 Å². The van der Waals surface area contributed by atoms with Crippen LogP contribution in [-0.2, 0) is 0 Å². The van der Waals surface area contributed by atoms with Gasteiger partial charge in [0.25, 0.3) is 0 Å². The monoisotopic (exact) mass is 464 g/mol. The molecule has 0 spiro atoms. The molecule has 0 aromatic heterocycles. The maximum absolute atomic E-state index is 2.35. The van der Waals surface area contributed by atoms with Crippen LogP contribution < -0.4 is 0 Å². The third-order valence-electron chi connectivity index (χ3n) is 6.12. The minimum absolute atomic E-state index is 0.194. The third-order valence-corrected chi connectivity index (χ3v) is 18.8. The van der Waals surface area contributed by atoms with Crippen molar-refractivity contribution in [2.45, 2.75) is 19.6 Å². The van der Waals surface area contributed by atoms with Crippen molar-refractivity contribution in [3.8, 4) is 0 Å². The Labute approximate surface area is 179 Å². The Kier molecular flexibility index (Phi) is 2.57. The van der Waals surface area contributed by atoms with E-state index in [1.54, 1.807) is 50.1 Å². The van der Waals surface area contributed by atoms with Gasteiger partial charge in [0.05, 0.1) is 0 Å². The lowest BCUT2D eigenvalue weighted by Crippen LogP contribution is -1.89. The minimum atomic E-state index is 0.194. The Morgan fingerprint density at radius 2 is 0.714 bits per heavy atom. The molecule has 0 atom stereocenters. The van der Waals surface area contributed by atoms with E-state index < -0.39 is 0 Å². The molecule has 28 heavy (non-hydrogen) atoms. The van der Waals surface area contributed by atoms with E-state index in [-0.39, 0.29) is 17.1 Å². The molecule has 0 fully saturated rings. The van der Waals surface area contributed by atoms with Crippen molar-refractivity contribution < 1.29 is 0 Å². The molecule has 5 aromatic carbocycles. The fraction of sp³-hybridized carbons (Fsp3) is 0. The fourth-order valence-electron chi connectivity index (χ4n) is 5.05. The van der Waals surface area contributed by atoms with Crippen molar-refractivity contribution in [3.05, 3.63) is 57.6 Å². The Bertz CT molecular complexity index is 1560. The van der Waals surface area contributed by atoms with Gasteiger partial charge in [-0.25, -0.2) is 0 Å². The molecular weight excluding hydrogens is 457 g/mol. The van der Waals surface area contributed by atoms with Crippen molar-refractivity contribution in [2.24, 2.45) is 0 Å². The van der Waals surface area contributed by atoms with Crippen molar-refractivity contribution in [3.63, 3.8) is 0 Å². The lowest BCUT2D eigenvalue weighted by atomic mass is 9.96. The number of hydrogen-bond acceptors (Lipinski definition) is 4. The topological polar surface area (TPSA) is 0 Å². The van der Waals surface area contributed by atoms with E-state index in [4.69, 9.17) is 0 Å². The van der Waals surface area contributed by atoms with Gasteiger partial charge in [0, 0.05) is 50.1 Å². The van der Waals surface area contributed by atoms with Crippen molar-refractivity contribution in [1.29, 1.82) is 0 Å². The van der Waals surface area contributed by atoms with Crippen LogP contribution in [0.3, 0.4) is 0 Å². The Morgan fingerprint density at radius 1 is 0.429 bits per heavy atom. The van der Waals surface area contributed by atoms with Crippen LogP contribution >= 0.6 is 60.3 Å². The predicted molar refractivity (Wildman–Crippen MR) is 133 cm³/mol. The van der Waals surface area contributed by atoms with Gasteiger partial charge in [-0.05, 0) is 21.5 Å². The quantitative estimate of drug-likeness (QED) is 0.127. The molecule has 5 aromatic rings. The van der Waals surface area contributed by atoms with E-state index in [1.165, 1.54) is 21.5 Å². The Morgan fingerprint density at radius 3 is 1.00 bits per heavy atom. The van der Waals surface area contributed by atoms with E-state index in [9.17, 15) is 0 Å². The number of rotatable bonds is 0. The van der Waals surface area contributed by atoms with Crippen LogP contribution in [0.25, 0.3) is 43.1 Å². The van der Waals surface area contributed by atoms with Crippen LogP contribution in [0.2, 0.25) is 0 Å². The van der Waals surface area contributed by atoms with Gasteiger partial charge in [-0.1, -0.05) is 109 Å². The van der Waals surface area contributed by atoms with Gasteiger partial charge in [-0.3, -0.25) is 0 Å². The van der Waals surface area contributed by atoms with Crippen LogP contribution in [0, 0.1) is 9.02 Å². The Hall–Kier alpha value is -0.760. The maximum Gasteiger partial charge on any atom is 0.0368 e. The molecule has 0 nitrogen and oxygen atoms in total. The summed E-state index contributed by atoms with van der Waals surface area (Å²) < 4.78 is 3.34. The molecule has 0 bridgehead atoms. The van der Waals surface area contributed by atoms with Crippen LogP contribution in [0.4, 0.5) is 0 Å². The lowest BCUT2D eigenvalue weighted by Gasteiger charge is -2.15. The highest BCUT2D eigenvalue weighted by Gasteiger charge is 2.37. The van der Waals surface area contributed by atoms with E-state index in [2.05, 4.69) is 91.7 Å². The maximum atomic E-state index is 2.35. The van der Waals surface area contributed by atoms with Crippen molar-refractivity contribution >= 4 is 103 Å². The molecule has 6 heteroatoms. The van der Waals surface area contributed by atoms with Gasteiger partial charge in [0.2, 0.25) is 0 Å². The molecule has 0 unspecified atom stereocenters. The van der Waals surface area contributed by atoms with Gasteiger partial charge in [-0.15, -0.1) is 0 Å². The second-order valence-electron chi connectivity index (χ2n) is 7.37. The first-order valence-corrected chi connectivity index (χ1v) is 16.8. The first kappa shape index (κ1) is 15.1. The molecule has 9 rings (SSSR count). The molecule has 4 aliphatic heterocycles. The molecule has 132 valence electrons. The first-order chi connectivity index (χ1) is 13.9. The summed E-state index contributed by atoms with van der Waals surface area (Å²) >= 11 is 0. The second-order valence-corrected chi connectivity index (χ2v) is 18.7. The van der Waals surface area contributed by atoms with Crippen LogP contribution in [-0.4, -0.2) is 0 Å². The molecule has 0 radical (unpaired) electrons. The molecule has 0 saturated carbocycles.